The van der Waals surface area contributed by atoms with Crippen LogP contribution in [0.25, 0.3) is 10.2 Å². The highest BCUT2D eigenvalue weighted by Gasteiger charge is 2.22. The Kier molecular flexibility index (Phi) is 6.52. The number of rotatable bonds is 7. The number of nitrogens with zero attached hydrogens (tertiary/aromatic N) is 3. The van der Waals surface area contributed by atoms with Gasteiger partial charge in [0.05, 0.1) is 29.8 Å². The third-order valence-corrected chi connectivity index (χ3v) is 6.64. The number of amides is 1. The second-order valence-corrected chi connectivity index (χ2v) is 8.84. The Morgan fingerprint density at radius 1 is 1.13 bits per heavy atom. The van der Waals surface area contributed by atoms with Crippen LogP contribution < -0.4 is 9.64 Å². The van der Waals surface area contributed by atoms with Crippen LogP contribution in [0.3, 0.4) is 0 Å². The van der Waals surface area contributed by atoms with Gasteiger partial charge in [0, 0.05) is 16.1 Å². The van der Waals surface area contributed by atoms with Gasteiger partial charge in [0.15, 0.2) is 5.13 Å². The second kappa shape index (κ2) is 9.47. The van der Waals surface area contributed by atoms with Crippen molar-refractivity contribution >= 4 is 56.0 Å². The number of ether oxygens (including phenoxy) is 1. The van der Waals surface area contributed by atoms with Gasteiger partial charge in [-0.2, -0.15) is 0 Å². The highest BCUT2D eigenvalue weighted by atomic mass is 35.5. The summed E-state index contributed by atoms with van der Waals surface area (Å²) < 4.78 is 6.39. The third kappa shape index (κ3) is 4.75. The van der Waals surface area contributed by atoms with Crippen molar-refractivity contribution in [2.75, 3.05) is 17.8 Å². The molecule has 2 heterocycles. The number of aromatic nitrogens is 2. The number of fused-ring (bicyclic) bond motifs is 1. The van der Waals surface area contributed by atoms with Gasteiger partial charge in [0.25, 0.3) is 0 Å². The molecule has 152 valence electrons. The molecule has 0 aliphatic rings. The van der Waals surface area contributed by atoms with Crippen molar-refractivity contribution in [1.29, 1.82) is 0 Å². The zero-order valence-electron chi connectivity index (χ0n) is 16.1. The fourth-order valence-electron chi connectivity index (χ4n) is 2.86. The van der Waals surface area contributed by atoms with Gasteiger partial charge in [-0.1, -0.05) is 35.1 Å². The van der Waals surface area contributed by atoms with E-state index in [1.165, 1.54) is 23.1 Å². The van der Waals surface area contributed by atoms with E-state index in [2.05, 4.69) is 4.98 Å². The summed E-state index contributed by atoms with van der Waals surface area (Å²) in [5, 5.41) is 1.30. The van der Waals surface area contributed by atoms with Gasteiger partial charge in [-0.25, -0.2) is 4.98 Å². The molecule has 4 rings (SSSR count). The maximum Gasteiger partial charge on any atom is 0.239 e. The fraction of sp³-hybridized carbons (Fsp3) is 0.136. The lowest BCUT2D eigenvalue weighted by Crippen LogP contribution is -2.32. The molecule has 0 atom stereocenters. The summed E-state index contributed by atoms with van der Waals surface area (Å²) >= 11 is 8.88. The molecule has 0 aliphatic heterocycles. The summed E-state index contributed by atoms with van der Waals surface area (Å²) in [5.41, 5.74) is 1.55. The van der Waals surface area contributed by atoms with E-state index in [4.69, 9.17) is 21.3 Å². The molecule has 0 aliphatic carbocycles. The average Bonchev–Trinajstić information content (AvgIpc) is 3.21. The number of thiazole rings is 1. The van der Waals surface area contributed by atoms with E-state index in [1.54, 1.807) is 18.2 Å². The molecule has 0 N–H and O–H groups in total. The highest BCUT2D eigenvalue weighted by molar-refractivity contribution is 8.00. The fourth-order valence-corrected chi connectivity index (χ4v) is 4.76. The van der Waals surface area contributed by atoms with E-state index >= 15 is 0 Å². The summed E-state index contributed by atoms with van der Waals surface area (Å²) in [4.78, 5) is 25.0. The largest absolute Gasteiger partial charge is 0.494 e. The normalized spacial score (nSPS) is 10.9. The van der Waals surface area contributed by atoms with Crippen LogP contribution in [0.2, 0.25) is 5.02 Å². The molecule has 4 aromatic rings. The van der Waals surface area contributed by atoms with E-state index in [1.807, 2.05) is 60.7 Å². The summed E-state index contributed by atoms with van der Waals surface area (Å²) in [5.74, 6) is 0.927. The monoisotopic (exact) mass is 455 g/mol. The zero-order valence-corrected chi connectivity index (χ0v) is 18.5. The lowest BCUT2D eigenvalue weighted by atomic mass is 10.3. The second-order valence-electron chi connectivity index (χ2n) is 6.35. The molecule has 8 heteroatoms. The van der Waals surface area contributed by atoms with Gasteiger partial charge < -0.3 is 4.74 Å². The van der Waals surface area contributed by atoms with Gasteiger partial charge in [-0.05, 0) is 48.5 Å². The molecule has 0 spiro atoms. The molecule has 0 unspecified atom stereocenters. The average molecular weight is 456 g/mol. The topological polar surface area (TPSA) is 55.3 Å². The van der Waals surface area contributed by atoms with Crippen LogP contribution in [0, 0.1) is 0 Å². The van der Waals surface area contributed by atoms with Crippen molar-refractivity contribution in [2.24, 2.45) is 0 Å². The minimum atomic E-state index is -0.0429. The summed E-state index contributed by atoms with van der Waals surface area (Å²) in [6, 6.07) is 18.9. The summed E-state index contributed by atoms with van der Waals surface area (Å²) in [7, 11) is 1.62. The van der Waals surface area contributed by atoms with Crippen LogP contribution in [0.15, 0.2) is 71.8 Å². The Hall–Kier alpha value is -2.61. The van der Waals surface area contributed by atoms with Crippen LogP contribution in [0.1, 0.15) is 5.69 Å². The van der Waals surface area contributed by atoms with Gasteiger partial charge in [0.1, 0.15) is 11.3 Å². The van der Waals surface area contributed by atoms with Crippen molar-refractivity contribution in [3.05, 3.63) is 77.6 Å². The van der Waals surface area contributed by atoms with Gasteiger partial charge in [-0.3, -0.25) is 14.7 Å². The Morgan fingerprint density at radius 3 is 2.70 bits per heavy atom. The number of carbonyl (C=O) groups is 1. The number of para-hydroxylation sites is 1. The van der Waals surface area contributed by atoms with Crippen molar-refractivity contribution in [2.45, 2.75) is 11.4 Å². The van der Waals surface area contributed by atoms with E-state index < -0.39 is 0 Å². The Morgan fingerprint density at radius 2 is 1.97 bits per heavy atom. The quantitative estimate of drug-likeness (QED) is 0.335. The number of thioether (sulfide) groups is 1. The number of benzene rings is 2. The van der Waals surface area contributed by atoms with E-state index in [-0.39, 0.29) is 11.7 Å². The number of pyridine rings is 1. The predicted molar refractivity (Wildman–Crippen MR) is 124 cm³/mol. The zero-order chi connectivity index (χ0) is 20.9. The van der Waals surface area contributed by atoms with Gasteiger partial charge in [-0.15, -0.1) is 11.8 Å². The first-order chi connectivity index (χ1) is 14.6. The molecule has 2 aromatic carbocycles. The number of hydrogen-bond acceptors (Lipinski definition) is 6. The first kappa shape index (κ1) is 20.7. The lowest BCUT2D eigenvalue weighted by molar-refractivity contribution is -0.116. The molecule has 0 radical (unpaired) electrons. The smallest absolute Gasteiger partial charge is 0.239 e. The van der Waals surface area contributed by atoms with Gasteiger partial charge >= 0.3 is 0 Å². The van der Waals surface area contributed by atoms with Crippen molar-refractivity contribution in [3.63, 3.8) is 0 Å². The minimum absolute atomic E-state index is 0.0429. The van der Waals surface area contributed by atoms with Crippen LogP contribution >= 0.6 is 34.7 Å². The molecule has 1 amide bonds. The van der Waals surface area contributed by atoms with Crippen LogP contribution in [-0.4, -0.2) is 28.7 Å². The Labute approximate surface area is 187 Å². The molecule has 2 aromatic heterocycles. The van der Waals surface area contributed by atoms with E-state index in [9.17, 15) is 4.79 Å². The van der Waals surface area contributed by atoms with Gasteiger partial charge in [0.2, 0.25) is 5.91 Å². The summed E-state index contributed by atoms with van der Waals surface area (Å²) in [6.07, 6.45) is 1.72. The Balaban J connectivity index is 1.62. The first-order valence-corrected chi connectivity index (χ1v) is 11.3. The third-order valence-electron chi connectivity index (χ3n) is 4.34. The summed E-state index contributed by atoms with van der Waals surface area (Å²) in [6.45, 7) is 0.350. The van der Waals surface area contributed by atoms with E-state index in [0.717, 1.165) is 20.8 Å². The predicted octanol–water partition coefficient (Wildman–Crippen LogP) is 5.68. The van der Waals surface area contributed by atoms with Crippen molar-refractivity contribution < 1.29 is 9.53 Å². The number of methoxy groups -OCH3 is 1. The minimum Gasteiger partial charge on any atom is -0.494 e. The Bertz CT molecular complexity index is 1150. The van der Waals surface area contributed by atoms with Crippen LogP contribution in [0.5, 0.6) is 5.75 Å². The molecule has 5 nitrogen and oxygen atoms in total. The molecule has 0 bridgehead atoms. The maximum atomic E-state index is 13.2. The molecule has 0 saturated carbocycles. The number of halogens is 1. The maximum absolute atomic E-state index is 13.2. The number of hydrogen-bond donors (Lipinski definition) is 0. The number of carbonyl (C=O) groups excluding carboxylic acids is 1. The SMILES string of the molecule is COc1cccc2sc(N(Cc3ccccn3)C(=O)CSc3ccc(Cl)cc3)nc12. The standard InChI is InChI=1S/C22H18ClN3O2S2/c1-28-18-6-4-7-19-21(18)25-22(30-19)26(13-16-5-2-3-12-24-16)20(27)14-29-17-10-8-15(23)9-11-17/h2-12H,13-14H2,1H3. The molecule has 0 saturated heterocycles. The van der Waals surface area contributed by atoms with Crippen molar-refractivity contribution in [1.82, 2.24) is 9.97 Å². The molecular formula is C22H18ClN3O2S2. The molecule has 30 heavy (non-hydrogen) atoms. The van der Waals surface area contributed by atoms with Crippen molar-refractivity contribution in [3.8, 4) is 5.75 Å². The van der Waals surface area contributed by atoms with Crippen LogP contribution in [0.4, 0.5) is 5.13 Å². The van der Waals surface area contributed by atoms with Crippen LogP contribution in [-0.2, 0) is 11.3 Å². The molecular weight excluding hydrogens is 438 g/mol. The number of anilines is 1. The highest BCUT2D eigenvalue weighted by Crippen LogP contribution is 2.35. The first-order valence-electron chi connectivity index (χ1n) is 9.16. The van der Waals surface area contributed by atoms with E-state index in [0.29, 0.717) is 22.4 Å². The lowest BCUT2D eigenvalue weighted by Gasteiger charge is -2.19. The molecule has 0 fully saturated rings.